The third kappa shape index (κ3) is 3.21. The number of halogens is 2. The number of hydrogen-bond donors (Lipinski definition) is 3. The molecule has 1 aromatic carbocycles. The smallest absolute Gasteiger partial charge is 0.241 e. The predicted octanol–water partition coefficient (Wildman–Crippen LogP) is 0.0679. The zero-order chi connectivity index (χ0) is 17.4. The lowest BCUT2D eigenvalue weighted by Crippen LogP contribution is -2.56. The van der Waals surface area contributed by atoms with Gasteiger partial charge in [0.15, 0.2) is 0 Å². The van der Waals surface area contributed by atoms with E-state index in [0.717, 1.165) is 31.6 Å². The molecular formula is C17H23F2N5O. The SMILES string of the molecule is O=C(C1NNC2CCNCC21)N1CCN(c2cc(F)ccc2F)CC1. The molecule has 3 aliphatic heterocycles. The molecule has 136 valence electrons. The van der Waals surface area contributed by atoms with Gasteiger partial charge in [-0.15, -0.1) is 0 Å². The van der Waals surface area contributed by atoms with E-state index in [4.69, 9.17) is 0 Å². The molecule has 1 aromatic rings. The van der Waals surface area contributed by atoms with Crippen LogP contribution in [0.15, 0.2) is 18.2 Å². The predicted molar refractivity (Wildman–Crippen MR) is 90.0 cm³/mol. The van der Waals surface area contributed by atoms with Crippen molar-refractivity contribution in [3.63, 3.8) is 0 Å². The maximum absolute atomic E-state index is 13.9. The van der Waals surface area contributed by atoms with Gasteiger partial charge in [0.2, 0.25) is 5.91 Å². The molecule has 0 bridgehead atoms. The van der Waals surface area contributed by atoms with Gasteiger partial charge in [-0.2, -0.15) is 0 Å². The highest BCUT2D eigenvalue weighted by Gasteiger charge is 2.43. The van der Waals surface area contributed by atoms with Crippen LogP contribution in [0.1, 0.15) is 6.42 Å². The largest absolute Gasteiger partial charge is 0.366 e. The number of hydrogen-bond acceptors (Lipinski definition) is 5. The van der Waals surface area contributed by atoms with Crippen LogP contribution in [-0.4, -0.2) is 62.2 Å². The average Bonchev–Trinajstić information content (AvgIpc) is 3.07. The summed E-state index contributed by atoms with van der Waals surface area (Å²) in [5, 5.41) is 3.35. The second kappa shape index (κ2) is 6.86. The molecule has 0 spiro atoms. The number of fused-ring (bicyclic) bond motifs is 1. The lowest BCUT2D eigenvalue weighted by Gasteiger charge is -2.38. The van der Waals surface area contributed by atoms with Gasteiger partial charge in [-0.05, 0) is 25.1 Å². The number of benzene rings is 1. The molecule has 3 atom stereocenters. The van der Waals surface area contributed by atoms with Gasteiger partial charge >= 0.3 is 0 Å². The first-order chi connectivity index (χ1) is 12.1. The summed E-state index contributed by atoms with van der Waals surface area (Å²) in [4.78, 5) is 16.5. The highest BCUT2D eigenvalue weighted by atomic mass is 19.1. The Morgan fingerprint density at radius 2 is 1.92 bits per heavy atom. The third-order valence-corrected chi connectivity index (χ3v) is 5.49. The molecule has 3 N–H and O–H groups in total. The number of anilines is 1. The fourth-order valence-electron chi connectivity index (χ4n) is 4.05. The quantitative estimate of drug-likeness (QED) is 0.704. The minimum Gasteiger partial charge on any atom is -0.366 e. The van der Waals surface area contributed by atoms with E-state index in [0.29, 0.717) is 32.2 Å². The van der Waals surface area contributed by atoms with Crippen LogP contribution < -0.4 is 21.1 Å². The molecule has 3 heterocycles. The maximum atomic E-state index is 13.9. The van der Waals surface area contributed by atoms with Gasteiger partial charge in [-0.25, -0.2) is 14.2 Å². The van der Waals surface area contributed by atoms with E-state index in [1.165, 1.54) is 6.07 Å². The Morgan fingerprint density at radius 1 is 1.12 bits per heavy atom. The van der Waals surface area contributed by atoms with Crippen molar-refractivity contribution in [1.82, 2.24) is 21.1 Å². The minimum absolute atomic E-state index is 0.0862. The molecule has 6 nitrogen and oxygen atoms in total. The first kappa shape index (κ1) is 16.7. The fourth-order valence-corrected chi connectivity index (χ4v) is 4.05. The van der Waals surface area contributed by atoms with E-state index in [9.17, 15) is 13.6 Å². The standard InChI is InChI=1S/C17H23F2N5O/c18-11-1-2-13(19)15(9-11)23-5-7-24(8-6-23)17(25)16-12-10-20-4-3-14(12)21-22-16/h1-2,9,12,14,16,20-22H,3-8,10H2. The topological polar surface area (TPSA) is 59.6 Å². The number of hydrazine groups is 1. The van der Waals surface area contributed by atoms with Gasteiger partial charge in [-0.3, -0.25) is 10.2 Å². The van der Waals surface area contributed by atoms with Crippen LogP contribution in [0.25, 0.3) is 0 Å². The monoisotopic (exact) mass is 351 g/mol. The number of piperazine rings is 1. The van der Waals surface area contributed by atoms with Crippen molar-refractivity contribution in [1.29, 1.82) is 0 Å². The molecule has 3 unspecified atom stereocenters. The molecule has 25 heavy (non-hydrogen) atoms. The van der Waals surface area contributed by atoms with Crippen molar-refractivity contribution in [3.05, 3.63) is 29.8 Å². The third-order valence-electron chi connectivity index (χ3n) is 5.49. The average molecular weight is 351 g/mol. The molecule has 3 fully saturated rings. The van der Waals surface area contributed by atoms with Crippen LogP contribution in [0.2, 0.25) is 0 Å². The van der Waals surface area contributed by atoms with Gasteiger partial charge in [0.05, 0.1) is 5.69 Å². The molecule has 0 aliphatic carbocycles. The van der Waals surface area contributed by atoms with E-state index < -0.39 is 11.6 Å². The lowest BCUT2D eigenvalue weighted by atomic mass is 9.89. The van der Waals surface area contributed by atoms with Crippen LogP contribution >= 0.6 is 0 Å². The molecule has 0 saturated carbocycles. The molecule has 0 aromatic heterocycles. The molecule has 1 amide bonds. The molecule has 3 aliphatic rings. The zero-order valence-electron chi connectivity index (χ0n) is 14.0. The second-order valence-corrected chi connectivity index (χ2v) is 6.94. The number of amides is 1. The van der Waals surface area contributed by atoms with Gasteiger partial charge in [0.1, 0.15) is 17.7 Å². The summed E-state index contributed by atoms with van der Waals surface area (Å²) in [6.07, 6.45) is 1.01. The molecule has 8 heteroatoms. The molecule has 4 rings (SSSR count). The Morgan fingerprint density at radius 3 is 2.72 bits per heavy atom. The first-order valence-electron chi connectivity index (χ1n) is 8.84. The van der Waals surface area contributed by atoms with E-state index in [2.05, 4.69) is 16.2 Å². The van der Waals surface area contributed by atoms with Crippen molar-refractivity contribution in [3.8, 4) is 0 Å². The van der Waals surface area contributed by atoms with Crippen LogP contribution in [0.5, 0.6) is 0 Å². The summed E-state index contributed by atoms with van der Waals surface area (Å²) in [5.41, 5.74) is 6.66. The van der Waals surface area contributed by atoms with Crippen LogP contribution in [0.4, 0.5) is 14.5 Å². The van der Waals surface area contributed by atoms with E-state index in [1.54, 1.807) is 4.90 Å². The number of nitrogens with zero attached hydrogens (tertiary/aromatic N) is 2. The molecule has 0 radical (unpaired) electrons. The Kier molecular flexibility index (Phi) is 4.58. The highest BCUT2D eigenvalue weighted by molar-refractivity contribution is 5.83. The Bertz CT molecular complexity index is 650. The van der Waals surface area contributed by atoms with Gasteiger partial charge in [-0.1, -0.05) is 0 Å². The van der Waals surface area contributed by atoms with Crippen molar-refractivity contribution < 1.29 is 13.6 Å². The maximum Gasteiger partial charge on any atom is 0.241 e. The molecule has 3 saturated heterocycles. The summed E-state index contributed by atoms with van der Waals surface area (Å²) < 4.78 is 27.3. The van der Waals surface area contributed by atoms with Crippen molar-refractivity contribution >= 4 is 11.6 Å². The van der Waals surface area contributed by atoms with Crippen LogP contribution in [0.3, 0.4) is 0 Å². The first-order valence-corrected chi connectivity index (χ1v) is 8.84. The summed E-state index contributed by atoms with van der Waals surface area (Å²) in [5.74, 6) is -0.547. The van der Waals surface area contributed by atoms with Gasteiger partial charge < -0.3 is 15.1 Å². The summed E-state index contributed by atoms with van der Waals surface area (Å²) >= 11 is 0. The normalized spacial score (nSPS) is 29.6. The number of carbonyl (C=O) groups excluding carboxylic acids is 1. The Hall–Kier alpha value is -1.77. The van der Waals surface area contributed by atoms with Crippen LogP contribution in [0, 0.1) is 17.6 Å². The van der Waals surface area contributed by atoms with E-state index >= 15 is 0 Å². The zero-order valence-corrected chi connectivity index (χ0v) is 14.0. The summed E-state index contributed by atoms with van der Waals surface area (Å²) in [6, 6.07) is 3.58. The van der Waals surface area contributed by atoms with E-state index in [-0.39, 0.29) is 23.6 Å². The number of piperidine rings is 1. The number of nitrogens with one attached hydrogen (secondary N) is 3. The van der Waals surface area contributed by atoms with Crippen LogP contribution in [-0.2, 0) is 4.79 Å². The molecular weight excluding hydrogens is 328 g/mol. The Balaban J connectivity index is 1.38. The van der Waals surface area contributed by atoms with Gasteiger partial charge in [0.25, 0.3) is 0 Å². The van der Waals surface area contributed by atoms with E-state index in [1.807, 2.05) is 4.90 Å². The Labute approximate surface area is 145 Å². The van der Waals surface area contributed by atoms with Crippen molar-refractivity contribution in [2.75, 3.05) is 44.2 Å². The second-order valence-electron chi connectivity index (χ2n) is 6.94. The number of carbonyl (C=O) groups is 1. The highest BCUT2D eigenvalue weighted by Crippen LogP contribution is 2.24. The van der Waals surface area contributed by atoms with Crippen molar-refractivity contribution in [2.45, 2.75) is 18.5 Å². The minimum atomic E-state index is -0.452. The number of rotatable bonds is 2. The summed E-state index contributed by atoms with van der Waals surface area (Å²) in [6.45, 7) is 3.82. The summed E-state index contributed by atoms with van der Waals surface area (Å²) in [7, 11) is 0. The van der Waals surface area contributed by atoms with Gasteiger partial charge in [0, 0.05) is 50.7 Å². The van der Waals surface area contributed by atoms with Crippen molar-refractivity contribution in [2.24, 2.45) is 5.92 Å². The fraction of sp³-hybridized carbons (Fsp3) is 0.588. The lowest BCUT2D eigenvalue weighted by molar-refractivity contribution is -0.134.